The highest BCUT2D eigenvalue weighted by molar-refractivity contribution is 6.35. The normalized spacial score (nSPS) is 20.5. The number of halogens is 4. The summed E-state index contributed by atoms with van der Waals surface area (Å²) in [5.41, 5.74) is 7.10. The lowest BCUT2D eigenvalue weighted by Gasteiger charge is -2.39. The molecular formula is C57H67Cl4N7O3. The molecule has 376 valence electrons. The Bertz CT molecular complexity index is 2640. The van der Waals surface area contributed by atoms with Gasteiger partial charge in [-0.3, -0.25) is 14.9 Å². The summed E-state index contributed by atoms with van der Waals surface area (Å²) in [5.74, 6) is 2.99. The Morgan fingerprint density at radius 1 is 0.535 bits per heavy atom. The van der Waals surface area contributed by atoms with Crippen molar-refractivity contribution >= 4 is 58.0 Å². The molecule has 12 rings (SSSR count). The quantitative estimate of drug-likeness (QED) is 0.154. The molecular weight excluding hydrogens is 972 g/mol. The fourth-order valence-corrected chi connectivity index (χ4v) is 12.2. The number of nitrogens with zero attached hydrogens (tertiary/aromatic N) is 7. The lowest BCUT2D eigenvalue weighted by atomic mass is 9.82. The smallest absolute Gasteiger partial charge is 0.137 e. The molecule has 4 fully saturated rings. The molecule has 0 radical (unpaired) electrons. The largest absolute Gasteiger partial charge is 0.495 e. The molecule has 6 aliphatic rings. The van der Waals surface area contributed by atoms with Gasteiger partial charge in [0.25, 0.3) is 0 Å². The van der Waals surface area contributed by atoms with E-state index in [1.807, 2.05) is 67.1 Å². The molecule has 5 aliphatic heterocycles. The van der Waals surface area contributed by atoms with Gasteiger partial charge in [0.15, 0.2) is 0 Å². The van der Waals surface area contributed by atoms with Crippen molar-refractivity contribution in [1.82, 2.24) is 24.8 Å². The van der Waals surface area contributed by atoms with Crippen LogP contribution < -0.4 is 14.5 Å². The van der Waals surface area contributed by atoms with Crippen LogP contribution >= 0.6 is 46.4 Å². The second-order valence-electron chi connectivity index (χ2n) is 19.1. The van der Waals surface area contributed by atoms with Crippen LogP contribution in [0.25, 0.3) is 0 Å². The van der Waals surface area contributed by atoms with E-state index in [-0.39, 0.29) is 38.3 Å². The van der Waals surface area contributed by atoms with Crippen molar-refractivity contribution in [3.05, 3.63) is 169 Å². The first-order chi connectivity index (χ1) is 33.7. The summed E-state index contributed by atoms with van der Waals surface area (Å²) in [6.07, 6.45) is 19.9. The molecule has 2 atom stereocenters. The second-order valence-corrected chi connectivity index (χ2v) is 20.8. The molecule has 4 aromatic heterocycles. The van der Waals surface area contributed by atoms with Crippen LogP contribution in [0.5, 0.6) is 5.75 Å². The predicted molar refractivity (Wildman–Crippen MR) is 290 cm³/mol. The van der Waals surface area contributed by atoms with Crippen molar-refractivity contribution in [3.8, 4) is 5.75 Å². The molecule has 0 amide bonds. The highest BCUT2D eigenvalue weighted by atomic mass is 35.5. The summed E-state index contributed by atoms with van der Waals surface area (Å²) in [4.78, 5) is 25.7. The Labute approximate surface area is 441 Å². The second kappa shape index (κ2) is 23.6. The van der Waals surface area contributed by atoms with Gasteiger partial charge < -0.3 is 24.0 Å². The van der Waals surface area contributed by atoms with E-state index < -0.39 is 0 Å². The van der Waals surface area contributed by atoms with Crippen molar-refractivity contribution < 1.29 is 14.2 Å². The summed E-state index contributed by atoms with van der Waals surface area (Å²) in [5, 5.41) is 2.52. The number of rotatable bonds is 7. The molecule has 0 bridgehead atoms. The molecule has 2 aromatic carbocycles. The van der Waals surface area contributed by atoms with Crippen molar-refractivity contribution in [1.29, 1.82) is 0 Å². The number of hydrogen-bond acceptors (Lipinski definition) is 10. The van der Waals surface area contributed by atoms with Gasteiger partial charge in [0, 0.05) is 95.6 Å². The lowest BCUT2D eigenvalue weighted by Crippen LogP contribution is -2.42. The van der Waals surface area contributed by atoms with Crippen LogP contribution in [0.1, 0.15) is 137 Å². The minimum Gasteiger partial charge on any atom is -0.495 e. The van der Waals surface area contributed by atoms with Gasteiger partial charge in [-0.05, 0) is 135 Å². The van der Waals surface area contributed by atoms with Crippen LogP contribution in [0.15, 0.2) is 110 Å². The van der Waals surface area contributed by atoms with Gasteiger partial charge in [0.2, 0.25) is 0 Å². The van der Waals surface area contributed by atoms with E-state index in [0.29, 0.717) is 20.1 Å². The molecule has 9 heterocycles. The Balaban J connectivity index is 0.000000156. The maximum Gasteiger partial charge on any atom is 0.137 e. The average molecular weight is 1040 g/mol. The molecule has 1 aliphatic carbocycles. The summed E-state index contributed by atoms with van der Waals surface area (Å²) in [6.45, 7) is 7.33. The maximum atomic E-state index is 6.80. The zero-order valence-corrected chi connectivity index (χ0v) is 42.2. The molecule has 71 heavy (non-hydrogen) atoms. The number of piperidine rings is 1. The lowest BCUT2D eigenvalue weighted by molar-refractivity contribution is -0.0996. The number of pyridine rings is 4. The van der Waals surface area contributed by atoms with Crippen molar-refractivity contribution in [3.63, 3.8) is 0 Å². The van der Waals surface area contributed by atoms with Crippen LogP contribution in [0.2, 0.25) is 20.1 Å². The van der Waals surface area contributed by atoms with Gasteiger partial charge >= 0.3 is 0 Å². The minimum atomic E-state index is -0.371. The van der Waals surface area contributed by atoms with E-state index >= 15 is 0 Å². The average Bonchev–Trinajstić information content (AvgIpc) is 4.21. The molecule has 10 nitrogen and oxygen atoms in total. The van der Waals surface area contributed by atoms with Crippen LogP contribution in [-0.2, 0) is 27.2 Å². The van der Waals surface area contributed by atoms with Crippen molar-refractivity contribution in [2.24, 2.45) is 0 Å². The number of benzene rings is 2. The third-order valence-corrected chi connectivity index (χ3v) is 15.4. The third kappa shape index (κ3) is 11.8. The fourth-order valence-electron chi connectivity index (χ4n) is 11.1. The molecule has 2 spiro atoms. The van der Waals surface area contributed by atoms with E-state index in [1.165, 1.54) is 50.5 Å². The van der Waals surface area contributed by atoms with Crippen LogP contribution in [0, 0.1) is 0 Å². The van der Waals surface area contributed by atoms with Crippen LogP contribution in [-0.4, -0.2) is 71.2 Å². The Morgan fingerprint density at radius 2 is 1.00 bits per heavy atom. The topological polar surface area (TPSA) is 89.0 Å². The number of hydrogen-bond donors (Lipinski definition) is 0. The van der Waals surface area contributed by atoms with Gasteiger partial charge in [-0.25, -0.2) is 9.97 Å². The Morgan fingerprint density at radius 3 is 1.44 bits per heavy atom. The number of ether oxygens (including phenoxy) is 3. The number of likely N-dealkylation sites (tertiary alicyclic amines) is 1. The molecule has 0 N–H and O–H groups in total. The van der Waals surface area contributed by atoms with Crippen molar-refractivity contribution in [2.75, 3.05) is 56.2 Å². The first kappa shape index (κ1) is 52.8. The number of methoxy groups -OCH3 is 1. The highest BCUT2D eigenvalue weighted by Crippen LogP contribution is 2.53. The van der Waals surface area contributed by atoms with Gasteiger partial charge in [0.1, 0.15) is 40.8 Å². The predicted octanol–water partition coefficient (Wildman–Crippen LogP) is 14.6. The Kier molecular flexibility index (Phi) is 17.5. The van der Waals surface area contributed by atoms with Gasteiger partial charge in [-0.15, -0.1) is 0 Å². The standard InChI is InChI=1S/C27H28Cl2N4O.C18H17Cl2NO.C10H14N2O.2CH4/c28-21-14-20(15-22(29)16-21)25-23-4-3-9-30-26(23)27(34-25)7-12-32(13-8-27)18-19-5-6-24(31-17-19)33-10-1-2-11-33;19-13-9-12(10-14(20)11-13)16-15-5-4-8-21-17(15)18(22-16)6-2-1-3-7-18;1-13-9-4-5-10(11-8-9)12-6-2-3-7-12;;/h3-6,9,14-17,25H,1-2,7-8,10-13,18H2;4-5,8-11,16H,1-3,6-7H2;4-5,8H,2-3,6-7H2,1H3;2*1H4. The fraction of sp³-hybridized carbons (Fsp3) is 0.439. The van der Waals surface area contributed by atoms with Gasteiger partial charge in [-0.2, -0.15) is 0 Å². The van der Waals surface area contributed by atoms with Gasteiger partial charge in [-0.1, -0.05) is 98.7 Å². The first-order valence-electron chi connectivity index (χ1n) is 24.5. The monoisotopic (exact) mass is 1040 g/mol. The minimum absolute atomic E-state index is 0. The van der Waals surface area contributed by atoms with Crippen LogP contribution in [0.3, 0.4) is 0 Å². The first-order valence-corrected chi connectivity index (χ1v) is 26.0. The maximum absolute atomic E-state index is 6.80. The summed E-state index contributed by atoms with van der Waals surface area (Å²) < 4.78 is 18.4. The van der Waals surface area contributed by atoms with Crippen LogP contribution in [0.4, 0.5) is 11.6 Å². The number of anilines is 2. The van der Waals surface area contributed by atoms with E-state index in [1.54, 1.807) is 25.4 Å². The SMILES string of the molecule is C.C.COc1ccc(N2CCCC2)nc1.Clc1cc(Cl)cc(C2OC3(CCCCC3)c3ncccc32)c1.Clc1cc(Cl)cc(C2OC3(CCN(Cc4ccc(N5CCCC5)nc4)CC3)c3ncccc32)c1. The Hall–Kier alpha value is -4.52. The highest BCUT2D eigenvalue weighted by Gasteiger charge is 2.49. The van der Waals surface area contributed by atoms with E-state index in [4.69, 9.17) is 70.6 Å². The molecule has 3 saturated heterocycles. The third-order valence-electron chi connectivity index (χ3n) is 14.5. The molecule has 2 unspecified atom stereocenters. The van der Waals surface area contributed by atoms with E-state index in [9.17, 15) is 0 Å². The number of fused-ring (bicyclic) bond motifs is 4. The summed E-state index contributed by atoms with van der Waals surface area (Å²) >= 11 is 25.0. The van der Waals surface area contributed by atoms with E-state index in [0.717, 1.165) is 123 Å². The summed E-state index contributed by atoms with van der Waals surface area (Å²) in [7, 11) is 1.66. The van der Waals surface area contributed by atoms with Gasteiger partial charge in [0.05, 0.1) is 24.7 Å². The van der Waals surface area contributed by atoms with E-state index in [2.05, 4.69) is 48.9 Å². The zero-order valence-electron chi connectivity index (χ0n) is 39.1. The molecule has 1 saturated carbocycles. The molecule has 14 heteroatoms. The molecule has 6 aromatic rings. The van der Waals surface area contributed by atoms with Crippen molar-refractivity contribution in [2.45, 2.75) is 115 Å². The number of aromatic nitrogens is 4. The summed E-state index contributed by atoms with van der Waals surface area (Å²) in [6, 6.07) is 27.9. The zero-order chi connectivity index (χ0) is 47.4.